The van der Waals surface area contributed by atoms with Crippen molar-refractivity contribution in [1.29, 1.82) is 0 Å². The van der Waals surface area contributed by atoms with Crippen LogP contribution in [-0.4, -0.2) is 25.5 Å². The number of nitrogens with zero attached hydrogens (tertiary/aromatic N) is 1. The topological polar surface area (TPSA) is 69.2 Å². The van der Waals surface area contributed by atoms with Gasteiger partial charge in [-0.25, -0.2) is 5.43 Å². The van der Waals surface area contributed by atoms with E-state index in [-0.39, 0.29) is 19.3 Å². The summed E-state index contributed by atoms with van der Waals surface area (Å²) >= 11 is 3.42. The van der Waals surface area contributed by atoms with Crippen molar-refractivity contribution >= 4 is 28.1 Å². The molecule has 1 aliphatic heterocycles. The minimum absolute atomic E-state index is 0.108. The lowest BCUT2D eigenvalue weighted by Gasteiger charge is -2.05. The number of ether oxygens (including phenoxy) is 3. The fourth-order valence-corrected chi connectivity index (χ4v) is 2.52. The lowest BCUT2D eigenvalue weighted by Crippen LogP contribution is -2.24. The summed E-state index contributed by atoms with van der Waals surface area (Å²) in [7, 11) is 0. The van der Waals surface area contributed by atoms with Gasteiger partial charge in [0.25, 0.3) is 5.91 Å². The first-order valence-electron chi connectivity index (χ1n) is 7.22. The average Bonchev–Trinajstić information content (AvgIpc) is 3.00. The Balaban J connectivity index is 1.53. The lowest BCUT2D eigenvalue weighted by atomic mass is 10.2. The van der Waals surface area contributed by atoms with E-state index in [2.05, 4.69) is 26.5 Å². The van der Waals surface area contributed by atoms with Crippen LogP contribution in [-0.2, 0) is 4.79 Å². The van der Waals surface area contributed by atoms with E-state index in [0.717, 1.165) is 15.6 Å². The Kier molecular flexibility index (Phi) is 5.00. The van der Waals surface area contributed by atoms with Crippen molar-refractivity contribution < 1.29 is 19.0 Å². The molecule has 3 rings (SSSR count). The van der Waals surface area contributed by atoms with E-state index < -0.39 is 0 Å². The van der Waals surface area contributed by atoms with Crippen molar-refractivity contribution in [2.75, 3.05) is 13.4 Å². The molecule has 7 heteroatoms. The monoisotopic (exact) mass is 390 g/mol. The summed E-state index contributed by atoms with van der Waals surface area (Å²) in [5.41, 5.74) is 4.25. The fraction of sp³-hybridized carbons (Fsp3) is 0.176. The van der Waals surface area contributed by atoms with Crippen molar-refractivity contribution in [2.45, 2.75) is 6.92 Å². The smallest absolute Gasteiger partial charge is 0.277 e. The highest BCUT2D eigenvalue weighted by molar-refractivity contribution is 9.10. The van der Waals surface area contributed by atoms with Crippen LogP contribution in [0.3, 0.4) is 0 Å². The number of fused-ring (bicyclic) bond motifs is 1. The van der Waals surface area contributed by atoms with Gasteiger partial charge >= 0.3 is 0 Å². The minimum atomic E-state index is -0.343. The van der Waals surface area contributed by atoms with Gasteiger partial charge in [-0.05, 0) is 52.7 Å². The van der Waals surface area contributed by atoms with E-state index in [1.165, 1.54) is 6.21 Å². The van der Waals surface area contributed by atoms with Crippen molar-refractivity contribution in [3.05, 3.63) is 52.0 Å². The van der Waals surface area contributed by atoms with E-state index in [4.69, 9.17) is 14.2 Å². The number of rotatable bonds is 5. The number of hydrogen-bond donors (Lipinski definition) is 1. The number of aryl methyl sites for hydroxylation is 1. The summed E-state index contributed by atoms with van der Waals surface area (Å²) in [5, 5.41) is 3.93. The second kappa shape index (κ2) is 7.35. The van der Waals surface area contributed by atoms with Gasteiger partial charge in [-0.3, -0.25) is 4.79 Å². The summed E-state index contributed by atoms with van der Waals surface area (Å²) in [5.74, 6) is 1.63. The van der Waals surface area contributed by atoms with Crippen LogP contribution in [0, 0.1) is 6.92 Å². The maximum absolute atomic E-state index is 11.8. The molecule has 0 fully saturated rings. The predicted octanol–water partition coefficient (Wildman–Crippen LogP) is 3.02. The van der Waals surface area contributed by atoms with Crippen molar-refractivity contribution in [1.82, 2.24) is 5.43 Å². The molecule has 6 nitrogen and oxygen atoms in total. The van der Waals surface area contributed by atoms with Crippen LogP contribution in [0.15, 0.2) is 46.0 Å². The largest absolute Gasteiger partial charge is 0.484 e. The zero-order chi connectivity index (χ0) is 16.9. The number of nitrogens with one attached hydrogen (secondary N) is 1. The summed E-state index contributed by atoms with van der Waals surface area (Å²) in [4.78, 5) is 11.8. The molecule has 1 heterocycles. The Morgan fingerprint density at radius 3 is 2.92 bits per heavy atom. The Hall–Kier alpha value is -2.54. The third-order valence-electron chi connectivity index (χ3n) is 3.24. The maximum Gasteiger partial charge on any atom is 0.277 e. The van der Waals surface area contributed by atoms with Gasteiger partial charge in [-0.15, -0.1) is 0 Å². The van der Waals surface area contributed by atoms with Gasteiger partial charge in [0.05, 0.1) is 6.21 Å². The summed E-state index contributed by atoms with van der Waals surface area (Å²) in [6.07, 6.45) is 1.52. The second-order valence-corrected chi connectivity index (χ2v) is 5.98. The molecule has 1 amide bonds. The highest BCUT2D eigenvalue weighted by Crippen LogP contribution is 2.36. The van der Waals surface area contributed by atoms with Gasteiger partial charge in [-0.1, -0.05) is 12.1 Å². The predicted molar refractivity (Wildman–Crippen MR) is 92.7 cm³/mol. The fourth-order valence-electron chi connectivity index (χ4n) is 2.09. The molecule has 1 N–H and O–H groups in total. The molecule has 2 aromatic rings. The van der Waals surface area contributed by atoms with Gasteiger partial charge < -0.3 is 14.2 Å². The Morgan fingerprint density at radius 2 is 2.12 bits per heavy atom. The van der Waals surface area contributed by atoms with E-state index in [9.17, 15) is 4.79 Å². The SMILES string of the molecule is Cc1cccc(OCC(=O)N/N=C\c2cc3c(cc2Br)OCO3)c1. The first-order chi connectivity index (χ1) is 11.6. The van der Waals surface area contributed by atoms with Crippen LogP contribution >= 0.6 is 15.9 Å². The molecule has 2 aromatic carbocycles. The molecule has 0 saturated heterocycles. The second-order valence-electron chi connectivity index (χ2n) is 5.13. The number of hydrazone groups is 1. The third-order valence-corrected chi connectivity index (χ3v) is 3.93. The quantitative estimate of drug-likeness (QED) is 0.629. The Labute approximate surface area is 147 Å². The van der Waals surface area contributed by atoms with Crippen LogP contribution in [0.1, 0.15) is 11.1 Å². The van der Waals surface area contributed by atoms with Gasteiger partial charge in [0.2, 0.25) is 6.79 Å². The molecular weight excluding hydrogens is 376 g/mol. The molecular formula is C17H15BrN2O4. The van der Waals surface area contributed by atoms with Crippen molar-refractivity contribution in [3.63, 3.8) is 0 Å². The normalized spacial score (nSPS) is 12.4. The van der Waals surface area contributed by atoms with Crippen molar-refractivity contribution in [2.24, 2.45) is 5.10 Å². The standard InChI is InChI=1S/C17H15BrN2O4/c1-11-3-2-4-13(5-11)22-9-17(21)20-19-8-12-6-15-16(7-14(12)18)24-10-23-15/h2-8H,9-10H2,1H3,(H,20,21)/b19-8-. The highest BCUT2D eigenvalue weighted by Gasteiger charge is 2.15. The van der Waals surface area contributed by atoms with E-state index in [1.54, 1.807) is 18.2 Å². The van der Waals surface area contributed by atoms with E-state index in [0.29, 0.717) is 17.2 Å². The van der Waals surface area contributed by atoms with Crippen LogP contribution in [0.2, 0.25) is 0 Å². The molecule has 0 radical (unpaired) electrons. The lowest BCUT2D eigenvalue weighted by molar-refractivity contribution is -0.123. The molecule has 0 aliphatic carbocycles. The van der Waals surface area contributed by atoms with Crippen LogP contribution in [0.25, 0.3) is 0 Å². The van der Waals surface area contributed by atoms with E-state index >= 15 is 0 Å². The molecule has 24 heavy (non-hydrogen) atoms. The van der Waals surface area contributed by atoms with E-state index in [1.807, 2.05) is 25.1 Å². The molecule has 0 saturated carbocycles. The molecule has 0 spiro atoms. The van der Waals surface area contributed by atoms with Crippen LogP contribution in [0.5, 0.6) is 17.2 Å². The average molecular weight is 391 g/mol. The third kappa shape index (κ3) is 4.05. The Bertz CT molecular complexity index is 792. The summed E-state index contributed by atoms with van der Waals surface area (Å²) < 4.78 is 16.8. The number of hydrogen-bond acceptors (Lipinski definition) is 5. The number of carbonyl (C=O) groups excluding carboxylic acids is 1. The van der Waals surface area contributed by atoms with Gasteiger partial charge in [0, 0.05) is 10.0 Å². The maximum atomic E-state index is 11.8. The minimum Gasteiger partial charge on any atom is -0.484 e. The molecule has 0 atom stereocenters. The Morgan fingerprint density at radius 1 is 1.33 bits per heavy atom. The first-order valence-corrected chi connectivity index (χ1v) is 8.01. The van der Waals surface area contributed by atoms with Gasteiger partial charge in [0.15, 0.2) is 18.1 Å². The first kappa shape index (κ1) is 16.3. The zero-order valence-electron chi connectivity index (χ0n) is 12.9. The molecule has 1 aliphatic rings. The molecule has 124 valence electrons. The highest BCUT2D eigenvalue weighted by atomic mass is 79.9. The van der Waals surface area contributed by atoms with Gasteiger partial charge in [0.1, 0.15) is 5.75 Å². The number of carbonyl (C=O) groups is 1. The summed E-state index contributed by atoms with van der Waals surface area (Å²) in [6.45, 7) is 2.05. The van der Waals surface area contributed by atoms with Crippen molar-refractivity contribution in [3.8, 4) is 17.2 Å². The van der Waals surface area contributed by atoms with Crippen LogP contribution in [0.4, 0.5) is 0 Å². The van der Waals surface area contributed by atoms with Gasteiger partial charge in [-0.2, -0.15) is 5.10 Å². The molecule has 0 bridgehead atoms. The zero-order valence-corrected chi connectivity index (χ0v) is 14.5. The number of benzene rings is 2. The number of halogens is 1. The number of amides is 1. The van der Waals surface area contributed by atoms with Crippen LogP contribution < -0.4 is 19.6 Å². The summed E-state index contributed by atoms with van der Waals surface area (Å²) in [6, 6.07) is 11.1. The molecule has 0 unspecified atom stereocenters. The molecule has 0 aromatic heterocycles.